The summed E-state index contributed by atoms with van der Waals surface area (Å²) in [7, 11) is 1.58. The zero-order valence-electron chi connectivity index (χ0n) is 14.3. The molecule has 2 rings (SSSR count). The standard InChI is InChI=1S/C18H22N2O3S/c1-11-5-7-14(12(2)9-11)20-18(22)17(21)19-10-15(23-4)16-8-6-13(3)24-16/h5-9,15H,10H2,1-4H3,(H,19,21)(H,20,22). The second kappa shape index (κ2) is 8.08. The van der Waals surface area contributed by atoms with Gasteiger partial charge in [-0.15, -0.1) is 11.3 Å². The maximum absolute atomic E-state index is 12.0. The highest BCUT2D eigenvalue weighted by molar-refractivity contribution is 7.12. The molecule has 2 amide bonds. The number of carbonyl (C=O) groups is 2. The predicted octanol–water partition coefficient (Wildman–Crippen LogP) is 3.12. The van der Waals surface area contributed by atoms with E-state index in [1.807, 2.05) is 45.0 Å². The summed E-state index contributed by atoms with van der Waals surface area (Å²) in [4.78, 5) is 26.2. The summed E-state index contributed by atoms with van der Waals surface area (Å²) in [6, 6.07) is 9.60. The van der Waals surface area contributed by atoms with Crippen molar-refractivity contribution >= 4 is 28.8 Å². The molecule has 1 aromatic heterocycles. The lowest BCUT2D eigenvalue weighted by Gasteiger charge is -2.15. The van der Waals surface area contributed by atoms with E-state index in [9.17, 15) is 9.59 Å². The van der Waals surface area contributed by atoms with E-state index in [2.05, 4.69) is 10.6 Å². The van der Waals surface area contributed by atoms with Crippen LogP contribution in [0.1, 0.15) is 27.0 Å². The van der Waals surface area contributed by atoms with Crippen LogP contribution in [0.4, 0.5) is 5.69 Å². The molecule has 0 saturated carbocycles. The Hall–Kier alpha value is -2.18. The normalized spacial score (nSPS) is 11.8. The molecule has 5 nitrogen and oxygen atoms in total. The third kappa shape index (κ3) is 4.66. The van der Waals surface area contributed by atoms with Crippen LogP contribution in [0.5, 0.6) is 0 Å². The number of rotatable bonds is 5. The lowest BCUT2D eigenvalue weighted by Crippen LogP contribution is -2.38. The number of aryl methyl sites for hydroxylation is 3. The van der Waals surface area contributed by atoms with E-state index in [4.69, 9.17) is 4.74 Å². The quantitative estimate of drug-likeness (QED) is 0.818. The molecule has 24 heavy (non-hydrogen) atoms. The van der Waals surface area contributed by atoms with E-state index >= 15 is 0 Å². The van der Waals surface area contributed by atoms with Crippen LogP contribution >= 0.6 is 11.3 Å². The van der Waals surface area contributed by atoms with Crippen molar-refractivity contribution in [3.8, 4) is 0 Å². The van der Waals surface area contributed by atoms with Crippen molar-refractivity contribution < 1.29 is 14.3 Å². The first-order chi connectivity index (χ1) is 11.4. The van der Waals surface area contributed by atoms with Crippen LogP contribution in [0.15, 0.2) is 30.3 Å². The second-order valence-corrected chi connectivity index (χ2v) is 6.97. The Balaban J connectivity index is 1.92. The number of methoxy groups -OCH3 is 1. The fraction of sp³-hybridized carbons (Fsp3) is 0.333. The summed E-state index contributed by atoms with van der Waals surface area (Å²) in [6.07, 6.45) is -0.262. The third-order valence-electron chi connectivity index (χ3n) is 3.65. The van der Waals surface area contributed by atoms with E-state index < -0.39 is 11.8 Å². The fourth-order valence-electron chi connectivity index (χ4n) is 2.33. The maximum Gasteiger partial charge on any atom is 0.313 e. The van der Waals surface area contributed by atoms with Crippen molar-refractivity contribution in [3.05, 3.63) is 51.2 Å². The lowest BCUT2D eigenvalue weighted by molar-refractivity contribution is -0.136. The Morgan fingerprint density at radius 3 is 2.46 bits per heavy atom. The smallest absolute Gasteiger partial charge is 0.313 e. The van der Waals surface area contributed by atoms with Crippen molar-refractivity contribution in [2.75, 3.05) is 19.0 Å². The molecule has 128 valence electrons. The molecule has 6 heteroatoms. The van der Waals surface area contributed by atoms with Crippen LogP contribution in [0.25, 0.3) is 0 Å². The van der Waals surface area contributed by atoms with Crippen LogP contribution in [-0.2, 0) is 14.3 Å². The monoisotopic (exact) mass is 346 g/mol. The van der Waals surface area contributed by atoms with Gasteiger partial charge in [-0.3, -0.25) is 9.59 Å². The number of carbonyl (C=O) groups excluding carboxylic acids is 2. The summed E-state index contributed by atoms with van der Waals surface area (Å²) in [5.74, 6) is -1.36. The van der Waals surface area contributed by atoms with Gasteiger partial charge >= 0.3 is 11.8 Å². The van der Waals surface area contributed by atoms with E-state index in [1.165, 1.54) is 4.88 Å². The van der Waals surface area contributed by atoms with E-state index in [1.54, 1.807) is 24.5 Å². The van der Waals surface area contributed by atoms with Crippen LogP contribution in [0, 0.1) is 20.8 Å². The third-order valence-corrected chi connectivity index (χ3v) is 4.74. The summed E-state index contributed by atoms with van der Waals surface area (Å²) in [6.45, 7) is 6.12. The van der Waals surface area contributed by atoms with Crippen molar-refractivity contribution in [1.82, 2.24) is 5.32 Å². The van der Waals surface area contributed by atoms with E-state index in [0.717, 1.165) is 16.0 Å². The maximum atomic E-state index is 12.0. The Kier molecular flexibility index (Phi) is 6.11. The number of thiophene rings is 1. The van der Waals surface area contributed by atoms with Gasteiger partial charge in [-0.05, 0) is 44.5 Å². The molecule has 0 aliphatic heterocycles. The Morgan fingerprint density at radius 1 is 1.12 bits per heavy atom. The Morgan fingerprint density at radius 2 is 1.88 bits per heavy atom. The van der Waals surface area contributed by atoms with Crippen molar-refractivity contribution in [2.24, 2.45) is 0 Å². The van der Waals surface area contributed by atoms with Crippen LogP contribution in [0.2, 0.25) is 0 Å². The highest BCUT2D eigenvalue weighted by atomic mass is 32.1. The van der Waals surface area contributed by atoms with Gasteiger partial charge in [0.2, 0.25) is 0 Å². The Labute approximate surface area is 146 Å². The van der Waals surface area contributed by atoms with Gasteiger partial charge in [0, 0.05) is 29.1 Å². The van der Waals surface area contributed by atoms with Crippen LogP contribution in [0.3, 0.4) is 0 Å². The van der Waals surface area contributed by atoms with Crippen molar-refractivity contribution in [3.63, 3.8) is 0 Å². The first kappa shape index (κ1) is 18.2. The average molecular weight is 346 g/mol. The number of nitrogens with one attached hydrogen (secondary N) is 2. The molecule has 0 fully saturated rings. The number of anilines is 1. The van der Waals surface area contributed by atoms with Gasteiger partial charge in [-0.2, -0.15) is 0 Å². The average Bonchev–Trinajstić information content (AvgIpc) is 2.96. The highest BCUT2D eigenvalue weighted by Gasteiger charge is 2.18. The molecular weight excluding hydrogens is 324 g/mol. The van der Waals surface area contributed by atoms with Gasteiger partial charge in [0.1, 0.15) is 6.10 Å². The van der Waals surface area contributed by atoms with Gasteiger partial charge in [0.05, 0.1) is 0 Å². The molecule has 2 aromatic rings. The summed E-state index contributed by atoms with van der Waals surface area (Å²) < 4.78 is 5.39. The van der Waals surface area contributed by atoms with Crippen molar-refractivity contribution in [2.45, 2.75) is 26.9 Å². The number of benzene rings is 1. The molecule has 0 saturated heterocycles. The predicted molar refractivity (Wildman–Crippen MR) is 96.4 cm³/mol. The molecule has 1 atom stereocenters. The fourth-order valence-corrected chi connectivity index (χ4v) is 3.28. The zero-order valence-corrected chi connectivity index (χ0v) is 15.1. The molecule has 0 spiro atoms. The molecule has 1 aromatic carbocycles. The van der Waals surface area contributed by atoms with E-state index in [0.29, 0.717) is 5.69 Å². The second-order valence-electron chi connectivity index (χ2n) is 5.66. The zero-order chi connectivity index (χ0) is 17.7. The van der Waals surface area contributed by atoms with Gasteiger partial charge < -0.3 is 15.4 Å². The summed E-state index contributed by atoms with van der Waals surface area (Å²) >= 11 is 1.61. The minimum Gasteiger partial charge on any atom is -0.374 e. The molecule has 1 unspecified atom stereocenters. The van der Waals surface area contributed by atoms with Gasteiger partial charge in [0.15, 0.2) is 0 Å². The molecule has 0 radical (unpaired) electrons. The molecule has 0 aliphatic rings. The summed E-state index contributed by atoms with van der Waals surface area (Å²) in [5.41, 5.74) is 2.65. The first-order valence-corrected chi connectivity index (χ1v) is 8.48. The largest absolute Gasteiger partial charge is 0.374 e. The topological polar surface area (TPSA) is 67.4 Å². The number of amides is 2. The molecule has 0 bridgehead atoms. The van der Waals surface area contributed by atoms with Crippen LogP contribution in [-0.4, -0.2) is 25.5 Å². The SMILES string of the molecule is COC(CNC(=O)C(=O)Nc1ccc(C)cc1C)c1ccc(C)s1. The number of hydrogen-bond donors (Lipinski definition) is 2. The van der Waals surface area contributed by atoms with Crippen molar-refractivity contribution in [1.29, 1.82) is 0 Å². The number of hydrogen-bond acceptors (Lipinski definition) is 4. The summed E-state index contributed by atoms with van der Waals surface area (Å²) in [5, 5.41) is 5.26. The minimum atomic E-state index is -0.681. The van der Waals surface area contributed by atoms with E-state index in [-0.39, 0.29) is 12.6 Å². The molecule has 0 aliphatic carbocycles. The number of ether oxygens (including phenoxy) is 1. The van der Waals surface area contributed by atoms with Gasteiger partial charge in [-0.25, -0.2) is 0 Å². The molecule has 2 N–H and O–H groups in total. The molecule has 1 heterocycles. The highest BCUT2D eigenvalue weighted by Crippen LogP contribution is 2.24. The lowest BCUT2D eigenvalue weighted by atomic mass is 10.1. The first-order valence-electron chi connectivity index (χ1n) is 7.66. The Bertz CT molecular complexity index is 740. The van der Waals surface area contributed by atoms with Gasteiger partial charge in [-0.1, -0.05) is 17.7 Å². The van der Waals surface area contributed by atoms with Gasteiger partial charge in [0.25, 0.3) is 0 Å². The minimum absolute atomic E-state index is 0.246. The van der Waals surface area contributed by atoms with Crippen LogP contribution < -0.4 is 10.6 Å². The molecular formula is C18H22N2O3S.